The SMILES string of the molecule is CN(C)C(=O)c1ccc(S(=O)(=O)NC[C@@]2(O)CCSC2)cc1. The molecule has 1 amide bonds. The van der Waals surface area contributed by atoms with Crippen LogP contribution in [0.15, 0.2) is 29.2 Å². The number of carbonyl (C=O) groups is 1. The van der Waals surface area contributed by atoms with Crippen molar-refractivity contribution in [2.75, 3.05) is 32.1 Å². The summed E-state index contributed by atoms with van der Waals surface area (Å²) in [5, 5.41) is 10.2. The van der Waals surface area contributed by atoms with E-state index in [2.05, 4.69) is 4.72 Å². The normalized spacial score (nSPS) is 21.8. The molecule has 1 atom stereocenters. The van der Waals surface area contributed by atoms with Gasteiger partial charge in [-0.25, -0.2) is 13.1 Å². The van der Waals surface area contributed by atoms with Gasteiger partial charge in [0, 0.05) is 32.0 Å². The molecule has 0 saturated carbocycles. The Labute approximate surface area is 134 Å². The summed E-state index contributed by atoms with van der Waals surface area (Å²) in [6.07, 6.45) is 0.580. The molecule has 1 fully saturated rings. The van der Waals surface area contributed by atoms with E-state index in [1.54, 1.807) is 25.9 Å². The Morgan fingerprint density at radius 1 is 1.36 bits per heavy atom. The number of carbonyl (C=O) groups excluding carboxylic acids is 1. The molecule has 6 nitrogen and oxygen atoms in total. The van der Waals surface area contributed by atoms with E-state index in [0.29, 0.717) is 17.7 Å². The van der Waals surface area contributed by atoms with Gasteiger partial charge in [0.1, 0.15) is 0 Å². The van der Waals surface area contributed by atoms with Crippen molar-refractivity contribution >= 4 is 27.7 Å². The lowest BCUT2D eigenvalue weighted by atomic mass is 10.1. The summed E-state index contributed by atoms with van der Waals surface area (Å²) < 4.78 is 26.9. The summed E-state index contributed by atoms with van der Waals surface area (Å²) in [5.41, 5.74) is -0.548. The first-order valence-corrected chi connectivity index (χ1v) is 9.49. The molecule has 1 heterocycles. The highest BCUT2D eigenvalue weighted by atomic mass is 32.2. The third kappa shape index (κ3) is 4.01. The van der Waals surface area contributed by atoms with Crippen LogP contribution in [0, 0.1) is 0 Å². The fraction of sp³-hybridized carbons (Fsp3) is 0.500. The molecular formula is C14H20N2O4S2. The smallest absolute Gasteiger partial charge is 0.253 e. The van der Waals surface area contributed by atoms with E-state index in [1.165, 1.54) is 29.2 Å². The second-order valence-electron chi connectivity index (χ2n) is 5.58. The number of nitrogens with zero attached hydrogens (tertiary/aromatic N) is 1. The second kappa shape index (κ2) is 6.57. The van der Waals surface area contributed by atoms with Gasteiger partial charge in [0.05, 0.1) is 10.5 Å². The number of hydrogen-bond acceptors (Lipinski definition) is 5. The fourth-order valence-electron chi connectivity index (χ4n) is 2.08. The second-order valence-corrected chi connectivity index (χ2v) is 8.45. The average molecular weight is 344 g/mol. The number of amides is 1. The number of aliphatic hydroxyl groups is 1. The van der Waals surface area contributed by atoms with Crippen LogP contribution in [0.5, 0.6) is 0 Å². The molecule has 122 valence electrons. The molecule has 22 heavy (non-hydrogen) atoms. The van der Waals surface area contributed by atoms with Gasteiger partial charge in [-0.2, -0.15) is 11.8 Å². The largest absolute Gasteiger partial charge is 0.388 e. The number of sulfonamides is 1. The molecule has 0 bridgehead atoms. The van der Waals surface area contributed by atoms with E-state index >= 15 is 0 Å². The summed E-state index contributed by atoms with van der Waals surface area (Å²) in [4.78, 5) is 13.3. The highest BCUT2D eigenvalue weighted by Crippen LogP contribution is 2.27. The topological polar surface area (TPSA) is 86.7 Å². The predicted octanol–water partition coefficient (Wildman–Crippen LogP) is 0.535. The molecular weight excluding hydrogens is 324 g/mol. The molecule has 2 rings (SSSR count). The Morgan fingerprint density at radius 2 is 2.00 bits per heavy atom. The zero-order valence-corrected chi connectivity index (χ0v) is 14.2. The molecule has 1 aliphatic rings. The number of nitrogens with one attached hydrogen (secondary N) is 1. The van der Waals surface area contributed by atoms with E-state index in [-0.39, 0.29) is 17.3 Å². The van der Waals surface area contributed by atoms with Gasteiger partial charge >= 0.3 is 0 Å². The number of benzene rings is 1. The van der Waals surface area contributed by atoms with Gasteiger partial charge in [-0.15, -0.1) is 0 Å². The molecule has 0 unspecified atom stereocenters. The van der Waals surface area contributed by atoms with Gasteiger partial charge in [-0.05, 0) is 36.4 Å². The van der Waals surface area contributed by atoms with Gasteiger partial charge in [-0.1, -0.05) is 0 Å². The van der Waals surface area contributed by atoms with Gasteiger partial charge < -0.3 is 10.0 Å². The molecule has 1 aliphatic heterocycles. The first-order valence-electron chi connectivity index (χ1n) is 6.85. The highest BCUT2D eigenvalue weighted by Gasteiger charge is 2.33. The van der Waals surface area contributed by atoms with Crippen LogP contribution in [0.25, 0.3) is 0 Å². The van der Waals surface area contributed by atoms with Crippen LogP contribution in [0.1, 0.15) is 16.8 Å². The Kier molecular flexibility index (Phi) is 5.16. The molecule has 0 aliphatic carbocycles. The summed E-state index contributed by atoms with van der Waals surface area (Å²) >= 11 is 1.61. The van der Waals surface area contributed by atoms with Gasteiger partial charge in [0.15, 0.2) is 0 Å². The van der Waals surface area contributed by atoms with Crippen molar-refractivity contribution in [1.29, 1.82) is 0 Å². The van der Waals surface area contributed by atoms with Crippen molar-refractivity contribution in [1.82, 2.24) is 9.62 Å². The quantitative estimate of drug-likeness (QED) is 0.814. The Hall–Kier alpha value is -1.09. The molecule has 0 radical (unpaired) electrons. The van der Waals surface area contributed by atoms with Crippen molar-refractivity contribution in [2.45, 2.75) is 16.9 Å². The lowest BCUT2D eigenvalue weighted by molar-refractivity contribution is 0.0734. The van der Waals surface area contributed by atoms with Crippen LogP contribution in [-0.4, -0.2) is 62.1 Å². The van der Waals surface area contributed by atoms with Gasteiger partial charge in [0.25, 0.3) is 5.91 Å². The van der Waals surface area contributed by atoms with Crippen molar-refractivity contribution in [3.05, 3.63) is 29.8 Å². The van der Waals surface area contributed by atoms with Crippen molar-refractivity contribution in [3.63, 3.8) is 0 Å². The van der Waals surface area contributed by atoms with Crippen LogP contribution in [0.2, 0.25) is 0 Å². The zero-order valence-electron chi connectivity index (χ0n) is 12.6. The molecule has 0 aromatic heterocycles. The lowest BCUT2D eigenvalue weighted by Crippen LogP contribution is -2.42. The molecule has 1 aromatic carbocycles. The van der Waals surface area contributed by atoms with E-state index in [1.807, 2.05) is 0 Å². The maximum Gasteiger partial charge on any atom is 0.253 e. The number of hydrogen-bond donors (Lipinski definition) is 2. The Balaban J connectivity index is 2.07. The minimum Gasteiger partial charge on any atom is -0.388 e. The molecule has 1 saturated heterocycles. The molecule has 2 N–H and O–H groups in total. The summed E-state index contributed by atoms with van der Waals surface area (Å²) in [6, 6.07) is 5.76. The summed E-state index contributed by atoms with van der Waals surface area (Å²) in [5.74, 6) is 1.18. The monoisotopic (exact) mass is 344 g/mol. The first-order chi connectivity index (χ1) is 10.2. The average Bonchev–Trinajstić information content (AvgIpc) is 2.92. The Morgan fingerprint density at radius 3 is 2.50 bits per heavy atom. The van der Waals surface area contributed by atoms with Crippen LogP contribution >= 0.6 is 11.8 Å². The fourth-order valence-corrected chi connectivity index (χ4v) is 4.50. The predicted molar refractivity (Wildman–Crippen MR) is 86.5 cm³/mol. The van der Waals surface area contributed by atoms with Crippen LogP contribution < -0.4 is 4.72 Å². The van der Waals surface area contributed by atoms with Crippen molar-refractivity contribution in [3.8, 4) is 0 Å². The van der Waals surface area contributed by atoms with Crippen LogP contribution in [-0.2, 0) is 10.0 Å². The Bertz CT molecular complexity index is 635. The summed E-state index contributed by atoms with van der Waals surface area (Å²) in [7, 11) is -0.425. The van der Waals surface area contributed by atoms with Gasteiger partial charge in [0.2, 0.25) is 10.0 Å². The standard InChI is InChI=1S/C14H20N2O4S2/c1-16(2)13(17)11-3-5-12(6-4-11)22(19,20)15-9-14(18)7-8-21-10-14/h3-6,15,18H,7-10H2,1-2H3/t14-/m0/s1. The molecule has 8 heteroatoms. The van der Waals surface area contributed by atoms with E-state index in [9.17, 15) is 18.3 Å². The maximum atomic E-state index is 12.2. The van der Waals surface area contributed by atoms with Crippen molar-refractivity contribution < 1.29 is 18.3 Å². The van der Waals surface area contributed by atoms with Crippen LogP contribution in [0.4, 0.5) is 0 Å². The molecule has 0 spiro atoms. The third-order valence-electron chi connectivity index (χ3n) is 3.49. The van der Waals surface area contributed by atoms with E-state index in [4.69, 9.17) is 0 Å². The van der Waals surface area contributed by atoms with Crippen LogP contribution in [0.3, 0.4) is 0 Å². The zero-order chi connectivity index (χ0) is 16.4. The maximum absolute atomic E-state index is 12.2. The highest BCUT2D eigenvalue weighted by molar-refractivity contribution is 7.99. The minimum absolute atomic E-state index is 0.000707. The van der Waals surface area contributed by atoms with E-state index in [0.717, 1.165) is 5.75 Å². The number of rotatable bonds is 5. The van der Waals surface area contributed by atoms with E-state index < -0.39 is 15.6 Å². The minimum atomic E-state index is -3.69. The lowest BCUT2D eigenvalue weighted by Gasteiger charge is -2.21. The first kappa shape index (κ1) is 17.3. The molecule has 1 aromatic rings. The van der Waals surface area contributed by atoms with Gasteiger partial charge in [-0.3, -0.25) is 4.79 Å². The number of thioether (sulfide) groups is 1. The van der Waals surface area contributed by atoms with Crippen molar-refractivity contribution in [2.24, 2.45) is 0 Å². The third-order valence-corrected chi connectivity index (χ3v) is 6.14. The summed E-state index contributed by atoms with van der Waals surface area (Å²) in [6.45, 7) is 0.000707.